The molecule has 2 N–H and O–H groups in total. The van der Waals surface area contributed by atoms with Gasteiger partial charge in [-0.05, 0) is 32.0 Å². The van der Waals surface area contributed by atoms with E-state index in [2.05, 4.69) is 5.32 Å². The van der Waals surface area contributed by atoms with Crippen LogP contribution in [0.15, 0.2) is 24.3 Å². The van der Waals surface area contributed by atoms with Gasteiger partial charge in [0.1, 0.15) is 0 Å². The number of benzene rings is 1. The molecule has 0 aliphatic carbocycles. The van der Waals surface area contributed by atoms with Crippen molar-refractivity contribution in [3.05, 3.63) is 29.8 Å². The molecule has 4 nitrogen and oxygen atoms in total. The van der Waals surface area contributed by atoms with Crippen LogP contribution in [-0.2, 0) is 16.2 Å². The fraction of sp³-hybridized carbons (Fsp3) is 0.538. The number of hydrogen-bond donors (Lipinski definition) is 2. The highest BCUT2D eigenvalue weighted by molar-refractivity contribution is 7.93. The molecule has 1 aromatic rings. The third kappa shape index (κ3) is 5.20. The first-order valence-corrected chi connectivity index (χ1v) is 8.11. The second kappa shape index (κ2) is 7.13. The maximum absolute atomic E-state index is 12.8. The molecule has 0 saturated heterocycles. The van der Waals surface area contributed by atoms with Crippen LogP contribution in [0.5, 0.6) is 0 Å². The van der Waals surface area contributed by atoms with Crippen LogP contribution in [0.4, 0.5) is 18.9 Å². The number of anilines is 1. The second-order valence-corrected chi connectivity index (χ2v) is 6.80. The SMILES string of the molecule is CCCNCC(C)S(=O)(=O)Nc1ccccc1C(F)(F)F. The number of hydrogen-bond acceptors (Lipinski definition) is 3. The lowest BCUT2D eigenvalue weighted by molar-refractivity contribution is -0.136. The molecular formula is C13H19F3N2O2S. The van der Waals surface area contributed by atoms with E-state index in [-0.39, 0.29) is 6.54 Å². The molecule has 1 rings (SSSR count). The second-order valence-electron chi connectivity index (χ2n) is 4.71. The summed E-state index contributed by atoms with van der Waals surface area (Å²) in [5.74, 6) is 0. The predicted octanol–water partition coefficient (Wildman–Crippen LogP) is 2.84. The van der Waals surface area contributed by atoms with Crippen molar-refractivity contribution in [2.45, 2.75) is 31.7 Å². The van der Waals surface area contributed by atoms with Gasteiger partial charge in [-0.1, -0.05) is 19.1 Å². The minimum atomic E-state index is -4.61. The standard InChI is InChI=1S/C13H19F3N2O2S/c1-3-8-17-9-10(2)21(19,20)18-12-7-5-4-6-11(12)13(14,15)16/h4-7,10,17-18H,3,8-9H2,1-2H3. The Kier molecular flexibility index (Phi) is 6.03. The molecule has 0 bridgehead atoms. The molecule has 1 atom stereocenters. The van der Waals surface area contributed by atoms with Crippen LogP contribution in [-0.4, -0.2) is 26.8 Å². The van der Waals surface area contributed by atoms with E-state index in [4.69, 9.17) is 0 Å². The Morgan fingerprint density at radius 1 is 1.24 bits per heavy atom. The molecule has 21 heavy (non-hydrogen) atoms. The molecule has 0 heterocycles. The molecule has 1 unspecified atom stereocenters. The molecule has 120 valence electrons. The first-order valence-electron chi connectivity index (χ1n) is 6.57. The zero-order valence-electron chi connectivity index (χ0n) is 11.9. The highest BCUT2D eigenvalue weighted by Crippen LogP contribution is 2.35. The average Bonchev–Trinajstić information content (AvgIpc) is 2.37. The number of alkyl halides is 3. The zero-order chi connectivity index (χ0) is 16.1. The van der Waals surface area contributed by atoms with Gasteiger partial charge in [0, 0.05) is 6.54 Å². The molecule has 0 saturated carbocycles. The average molecular weight is 324 g/mol. The summed E-state index contributed by atoms with van der Waals surface area (Å²) >= 11 is 0. The van der Waals surface area contributed by atoms with Gasteiger partial charge in [0.2, 0.25) is 10.0 Å². The van der Waals surface area contributed by atoms with E-state index < -0.39 is 32.7 Å². The van der Waals surface area contributed by atoms with Crippen molar-refractivity contribution < 1.29 is 21.6 Å². The van der Waals surface area contributed by atoms with E-state index in [1.807, 2.05) is 11.6 Å². The molecule has 0 spiro atoms. The minimum Gasteiger partial charge on any atom is -0.315 e. The lowest BCUT2D eigenvalue weighted by atomic mass is 10.2. The van der Waals surface area contributed by atoms with Gasteiger partial charge in [0.15, 0.2) is 0 Å². The highest BCUT2D eigenvalue weighted by atomic mass is 32.2. The van der Waals surface area contributed by atoms with Gasteiger partial charge in [-0.25, -0.2) is 8.42 Å². The number of halogens is 3. The molecule has 0 radical (unpaired) electrons. The van der Waals surface area contributed by atoms with Crippen molar-refractivity contribution in [1.82, 2.24) is 5.32 Å². The summed E-state index contributed by atoms with van der Waals surface area (Å²) < 4.78 is 64.6. The maximum atomic E-state index is 12.8. The summed E-state index contributed by atoms with van der Waals surface area (Å²) in [5, 5.41) is 2.09. The van der Waals surface area contributed by atoms with E-state index in [9.17, 15) is 21.6 Å². The summed E-state index contributed by atoms with van der Waals surface area (Å²) in [6, 6.07) is 4.52. The van der Waals surface area contributed by atoms with Crippen molar-refractivity contribution in [2.75, 3.05) is 17.8 Å². The topological polar surface area (TPSA) is 58.2 Å². The summed E-state index contributed by atoms with van der Waals surface area (Å²) in [6.45, 7) is 4.21. The normalized spacial score (nSPS) is 14.0. The van der Waals surface area contributed by atoms with Crippen LogP contribution in [0.25, 0.3) is 0 Å². The van der Waals surface area contributed by atoms with E-state index in [1.165, 1.54) is 19.1 Å². The molecular weight excluding hydrogens is 305 g/mol. The molecule has 0 fully saturated rings. The maximum Gasteiger partial charge on any atom is 0.418 e. The van der Waals surface area contributed by atoms with Gasteiger partial charge in [0.25, 0.3) is 0 Å². The third-order valence-corrected chi connectivity index (χ3v) is 4.60. The first kappa shape index (κ1) is 17.8. The Balaban J connectivity index is 2.90. The smallest absolute Gasteiger partial charge is 0.315 e. The number of rotatable bonds is 7. The summed E-state index contributed by atoms with van der Waals surface area (Å²) in [4.78, 5) is 0. The van der Waals surface area contributed by atoms with Crippen LogP contribution >= 0.6 is 0 Å². The summed E-state index contributed by atoms with van der Waals surface area (Å²) in [7, 11) is -3.89. The number of nitrogens with one attached hydrogen (secondary N) is 2. The predicted molar refractivity (Wildman–Crippen MR) is 76.6 cm³/mol. The van der Waals surface area contributed by atoms with E-state index >= 15 is 0 Å². The van der Waals surface area contributed by atoms with Gasteiger partial charge in [0.05, 0.1) is 16.5 Å². The molecule has 1 aromatic carbocycles. The Labute approximate surface area is 122 Å². The fourth-order valence-corrected chi connectivity index (χ4v) is 2.69. The highest BCUT2D eigenvalue weighted by Gasteiger charge is 2.34. The number of sulfonamides is 1. The largest absolute Gasteiger partial charge is 0.418 e. The Hall–Kier alpha value is -1.28. The van der Waals surface area contributed by atoms with Gasteiger partial charge >= 0.3 is 6.18 Å². The molecule has 0 aliphatic rings. The van der Waals surface area contributed by atoms with Crippen LogP contribution in [0.2, 0.25) is 0 Å². The minimum absolute atomic E-state index is 0.178. The molecule has 0 amide bonds. The molecule has 8 heteroatoms. The van der Waals surface area contributed by atoms with Crippen molar-refractivity contribution in [3.8, 4) is 0 Å². The van der Waals surface area contributed by atoms with Crippen LogP contribution in [0.1, 0.15) is 25.8 Å². The van der Waals surface area contributed by atoms with Gasteiger partial charge in [-0.3, -0.25) is 4.72 Å². The number of para-hydroxylation sites is 1. The monoisotopic (exact) mass is 324 g/mol. The lowest BCUT2D eigenvalue weighted by Gasteiger charge is -2.18. The lowest BCUT2D eigenvalue weighted by Crippen LogP contribution is -2.35. The van der Waals surface area contributed by atoms with Gasteiger partial charge in [-0.15, -0.1) is 0 Å². The van der Waals surface area contributed by atoms with E-state index in [0.717, 1.165) is 18.6 Å². The van der Waals surface area contributed by atoms with Crippen molar-refractivity contribution >= 4 is 15.7 Å². The van der Waals surface area contributed by atoms with E-state index in [0.29, 0.717) is 6.54 Å². The summed E-state index contributed by atoms with van der Waals surface area (Å²) in [5.41, 5.74) is -1.45. The zero-order valence-corrected chi connectivity index (χ0v) is 12.7. The van der Waals surface area contributed by atoms with Crippen LogP contribution < -0.4 is 10.0 Å². The van der Waals surface area contributed by atoms with Crippen molar-refractivity contribution in [2.24, 2.45) is 0 Å². The Bertz CT molecular complexity index is 559. The van der Waals surface area contributed by atoms with Crippen molar-refractivity contribution in [1.29, 1.82) is 0 Å². The Morgan fingerprint density at radius 2 is 1.86 bits per heavy atom. The fourth-order valence-electron chi connectivity index (χ4n) is 1.66. The molecule has 0 aromatic heterocycles. The quantitative estimate of drug-likeness (QED) is 0.758. The van der Waals surface area contributed by atoms with Crippen molar-refractivity contribution in [3.63, 3.8) is 0 Å². The Morgan fingerprint density at radius 3 is 2.43 bits per heavy atom. The summed E-state index contributed by atoms with van der Waals surface area (Å²) in [6.07, 6.45) is -3.76. The van der Waals surface area contributed by atoms with Crippen LogP contribution in [0.3, 0.4) is 0 Å². The van der Waals surface area contributed by atoms with Gasteiger partial charge in [-0.2, -0.15) is 13.2 Å². The third-order valence-electron chi connectivity index (χ3n) is 2.87. The molecule has 0 aliphatic heterocycles. The van der Waals surface area contributed by atoms with Crippen LogP contribution in [0, 0.1) is 0 Å². The first-order chi connectivity index (χ1) is 9.68. The van der Waals surface area contributed by atoms with Gasteiger partial charge < -0.3 is 5.32 Å². The van der Waals surface area contributed by atoms with E-state index in [1.54, 1.807) is 0 Å².